The highest BCUT2D eigenvalue weighted by Crippen LogP contribution is 2.19. The van der Waals surface area contributed by atoms with Crippen molar-refractivity contribution < 1.29 is 22.7 Å². The number of ether oxygens (including phenoxy) is 1. The first-order chi connectivity index (χ1) is 6.92. The van der Waals surface area contributed by atoms with Gasteiger partial charge in [0.1, 0.15) is 0 Å². The number of nitrogens with two attached hydrogens (primary N) is 1. The molecule has 15 heavy (non-hydrogen) atoms. The summed E-state index contributed by atoms with van der Waals surface area (Å²) in [4.78, 5) is 12.7. The molecule has 0 amide bonds. The molecule has 0 bridgehead atoms. The zero-order chi connectivity index (χ0) is 11.5. The summed E-state index contributed by atoms with van der Waals surface area (Å²) in [6.07, 6.45) is -3.09. The molecule has 1 aliphatic heterocycles. The predicted molar refractivity (Wildman–Crippen MR) is 45.5 cm³/mol. The van der Waals surface area contributed by atoms with E-state index < -0.39 is 18.6 Å². The van der Waals surface area contributed by atoms with Crippen molar-refractivity contribution in [1.29, 1.82) is 0 Å². The Morgan fingerprint density at radius 2 is 2.20 bits per heavy atom. The predicted octanol–water partition coefficient (Wildman–Crippen LogP) is 0.598. The summed E-state index contributed by atoms with van der Waals surface area (Å²) in [6, 6.07) is 0. The van der Waals surface area contributed by atoms with E-state index in [0.717, 1.165) is 0 Å². The third-order valence-electron chi connectivity index (χ3n) is 1.83. The van der Waals surface area contributed by atoms with Crippen molar-refractivity contribution in [3.63, 3.8) is 0 Å². The second kappa shape index (κ2) is 4.52. The Labute approximate surface area is 84.5 Å². The van der Waals surface area contributed by atoms with Gasteiger partial charge < -0.3 is 15.4 Å². The van der Waals surface area contributed by atoms with E-state index >= 15 is 0 Å². The first kappa shape index (κ1) is 11.8. The second-order valence-electron chi connectivity index (χ2n) is 3.07. The summed E-state index contributed by atoms with van der Waals surface area (Å²) < 4.78 is 39.8. The lowest BCUT2D eigenvalue weighted by atomic mass is 10.2. The van der Waals surface area contributed by atoms with Gasteiger partial charge in [-0.05, 0) is 0 Å². The number of ketones is 1. The normalized spacial score (nSPS) is 17.7. The van der Waals surface area contributed by atoms with Crippen molar-refractivity contribution >= 4 is 5.78 Å². The van der Waals surface area contributed by atoms with Gasteiger partial charge in [0, 0.05) is 19.2 Å². The van der Waals surface area contributed by atoms with Crippen molar-refractivity contribution in [1.82, 2.24) is 4.90 Å². The second-order valence-corrected chi connectivity index (χ2v) is 3.07. The molecule has 0 aromatic carbocycles. The van der Waals surface area contributed by atoms with Crippen LogP contribution in [0.4, 0.5) is 13.2 Å². The van der Waals surface area contributed by atoms with Crippen LogP contribution in [-0.4, -0.2) is 36.7 Å². The Hall–Kier alpha value is -1.24. The van der Waals surface area contributed by atoms with Crippen molar-refractivity contribution in [2.45, 2.75) is 12.6 Å². The first-order valence-electron chi connectivity index (χ1n) is 4.31. The minimum Gasteiger partial charge on any atom is -0.479 e. The molecule has 0 aromatic heterocycles. The minimum absolute atomic E-state index is 0.126. The van der Waals surface area contributed by atoms with Crippen LogP contribution in [0.25, 0.3) is 0 Å². The molecule has 0 spiro atoms. The van der Waals surface area contributed by atoms with Crippen molar-refractivity contribution in [3.05, 3.63) is 12.0 Å². The van der Waals surface area contributed by atoms with Gasteiger partial charge in [0.15, 0.2) is 12.4 Å². The van der Waals surface area contributed by atoms with Crippen LogP contribution in [0.3, 0.4) is 0 Å². The van der Waals surface area contributed by atoms with E-state index in [-0.39, 0.29) is 18.8 Å². The van der Waals surface area contributed by atoms with E-state index in [9.17, 15) is 18.0 Å². The number of rotatable bonds is 3. The lowest BCUT2D eigenvalue weighted by Crippen LogP contribution is -2.33. The van der Waals surface area contributed by atoms with E-state index in [0.29, 0.717) is 6.54 Å². The molecule has 2 N–H and O–H groups in total. The molecule has 0 saturated heterocycles. The van der Waals surface area contributed by atoms with Crippen LogP contribution in [0, 0.1) is 0 Å². The zero-order valence-electron chi connectivity index (χ0n) is 7.88. The fourth-order valence-electron chi connectivity index (χ4n) is 1.09. The summed E-state index contributed by atoms with van der Waals surface area (Å²) >= 11 is 0. The molecule has 0 radical (unpaired) electrons. The molecule has 7 heteroatoms. The number of nitrogens with zero attached hydrogens (tertiary/aromatic N) is 1. The summed E-state index contributed by atoms with van der Waals surface area (Å²) in [6.45, 7) is -0.899. The number of hydrogen-bond acceptors (Lipinski definition) is 4. The maximum atomic E-state index is 11.8. The van der Waals surface area contributed by atoms with Crippen LogP contribution >= 0.6 is 0 Å². The molecule has 0 unspecified atom stereocenters. The van der Waals surface area contributed by atoms with E-state index in [2.05, 4.69) is 4.74 Å². The minimum atomic E-state index is -4.44. The Kier molecular flexibility index (Phi) is 3.57. The maximum absolute atomic E-state index is 11.8. The lowest BCUT2D eigenvalue weighted by molar-refractivity contribution is -0.167. The Morgan fingerprint density at radius 3 is 2.73 bits per heavy atom. The van der Waals surface area contributed by atoms with E-state index in [1.54, 1.807) is 0 Å². The highest BCUT2D eigenvalue weighted by Gasteiger charge is 2.30. The Morgan fingerprint density at radius 1 is 1.53 bits per heavy atom. The van der Waals surface area contributed by atoms with Crippen molar-refractivity contribution in [3.8, 4) is 0 Å². The molecule has 0 atom stereocenters. The van der Waals surface area contributed by atoms with Crippen LogP contribution in [0.15, 0.2) is 12.0 Å². The fraction of sp³-hybridized carbons (Fsp3) is 0.625. The van der Waals surface area contributed by atoms with Gasteiger partial charge in [-0.3, -0.25) is 4.79 Å². The molecule has 0 aromatic rings. The van der Waals surface area contributed by atoms with E-state index in [1.807, 2.05) is 0 Å². The van der Waals surface area contributed by atoms with Crippen molar-refractivity contribution in [2.24, 2.45) is 5.73 Å². The van der Waals surface area contributed by atoms with Crippen LogP contribution in [0.5, 0.6) is 0 Å². The van der Waals surface area contributed by atoms with Crippen LogP contribution in [-0.2, 0) is 9.53 Å². The van der Waals surface area contributed by atoms with Gasteiger partial charge in [0.05, 0.1) is 6.67 Å². The largest absolute Gasteiger partial charge is 0.479 e. The Balaban J connectivity index is 2.58. The molecule has 1 aliphatic rings. The SMILES string of the molecule is NCN1C=C(OCC(F)(F)F)C(=O)CC1. The highest BCUT2D eigenvalue weighted by atomic mass is 19.4. The summed E-state index contributed by atoms with van der Waals surface area (Å²) in [5.41, 5.74) is 5.29. The fourth-order valence-corrected chi connectivity index (χ4v) is 1.09. The molecule has 0 aliphatic carbocycles. The van der Waals surface area contributed by atoms with Gasteiger partial charge in [0.2, 0.25) is 5.78 Å². The van der Waals surface area contributed by atoms with Crippen LogP contribution in [0.2, 0.25) is 0 Å². The van der Waals surface area contributed by atoms with E-state index in [4.69, 9.17) is 5.73 Å². The Bertz CT molecular complexity index is 276. The van der Waals surface area contributed by atoms with Gasteiger partial charge in [-0.1, -0.05) is 0 Å². The molecular weight excluding hydrogens is 213 g/mol. The van der Waals surface area contributed by atoms with Gasteiger partial charge >= 0.3 is 6.18 Å². The summed E-state index contributed by atoms with van der Waals surface area (Å²) in [5.74, 6) is -0.701. The lowest BCUT2D eigenvalue weighted by Gasteiger charge is -2.24. The van der Waals surface area contributed by atoms with Gasteiger partial charge in [0.25, 0.3) is 0 Å². The number of alkyl halides is 3. The van der Waals surface area contributed by atoms with Crippen LogP contribution in [0.1, 0.15) is 6.42 Å². The number of carbonyl (C=O) groups is 1. The van der Waals surface area contributed by atoms with Gasteiger partial charge in [-0.25, -0.2) is 0 Å². The van der Waals surface area contributed by atoms with E-state index in [1.165, 1.54) is 11.1 Å². The number of Topliss-reactive ketones (excluding diaryl/α,β-unsaturated/α-hetero) is 1. The molecule has 0 saturated carbocycles. The maximum Gasteiger partial charge on any atom is 0.422 e. The molecule has 4 nitrogen and oxygen atoms in total. The molecule has 1 rings (SSSR count). The zero-order valence-corrected chi connectivity index (χ0v) is 7.88. The average Bonchev–Trinajstić information content (AvgIpc) is 2.15. The summed E-state index contributed by atoms with van der Waals surface area (Å²) in [5, 5.41) is 0. The highest BCUT2D eigenvalue weighted by molar-refractivity contribution is 5.94. The third kappa shape index (κ3) is 3.78. The third-order valence-corrected chi connectivity index (χ3v) is 1.83. The number of allylic oxidation sites excluding steroid dienone is 1. The molecule has 0 fully saturated rings. The molecular formula is C8H11F3N2O2. The smallest absolute Gasteiger partial charge is 0.422 e. The topological polar surface area (TPSA) is 55.6 Å². The standard InChI is InChI=1S/C8H11F3N2O2/c9-8(10,11)4-15-7-3-13(5-12)2-1-6(7)14/h3H,1-2,4-5,12H2. The number of halogens is 3. The monoisotopic (exact) mass is 224 g/mol. The van der Waals surface area contributed by atoms with Gasteiger partial charge in [-0.2, -0.15) is 13.2 Å². The number of carbonyl (C=O) groups excluding carboxylic acids is 1. The van der Waals surface area contributed by atoms with Gasteiger partial charge in [-0.15, -0.1) is 0 Å². The average molecular weight is 224 g/mol. The molecule has 1 heterocycles. The van der Waals surface area contributed by atoms with Crippen molar-refractivity contribution in [2.75, 3.05) is 19.8 Å². The number of hydrogen-bond donors (Lipinski definition) is 1. The van der Waals surface area contributed by atoms with Crippen LogP contribution < -0.4 is 5.73 Å². The first-order valence-corrected chi connectivity index (χ1v) is 4.31. The molecule has 86 valence electrons. The summed E-state index contributed by atoms with van der Waals surface area (Å²) in [7, 11) is 0. The quantitative estimate of drug-likeness (QED) is 0.762.